The van der Waals surface area contributed by atoms with Crippen molar-refractivity contribution in [2.45, 2.75) is 13.0 Å². The van der Waals surface area contributed by atoms with Gasteiger partial charge < -0.3 is 15.8 Å². The smallest absolute Gasteiger partial charge is 0.236 e. The molecule has 1 aromatic rings. The van der Waals surface area contributed by atoms with E-state index in [-0.39, 0.29) is 24.1 Å². The molecule has 0 fully saturated rings. The van der Waals surface area contributed by atoms with Gasteiger partial charge >= 0.3 is 0 Å². The molecule has 0 radical (unpaired) electrons. The van der Waals surface area contributed by atoms with Gasteiger partial charge in [0.15, 0.2) is 0 Å². The average Bonchev–Trinajstić information content (AvgIpc) is 2.26. The number of amides is 1. The normalized spacial score (nSPS) is 11.2. The minimum atomic E-state index is -0.522. The molecule has 6 heteroatoms. The molecule has 0 saturated heterocycles. The Morgan fingerprint density at radius 2 is 2.06 bits per heavy atom. The first-order valence-corrected chi connectivity index (χ1v) is 5.01. The molecule has 0 unspecified atom stereocenters. The van der Waals surface area contributed by atoms with Crippen LogP contribution < -0.4 is 15.8 Å². The van der Waals surface area contributed by atoms with Gasteiger partial charge in [-0.3, -0.25) is 4.79 Å². The first-order chi connectivity index (χ1) is 7.59. The highest BCUT2D eigenvalue weighted by Crippen LogP contribution is 2.10. The van der Waals surface area contributed by atoms with Crippen LogP contribution in [0, 0.1) is 5.82 Å². The van der Waals surface area contributed by atoms with Crippen LogP contribution in [0.5, 0.6) is 5.75 Å². The van der Waals surface area contributed by atoms with Crippen LogP contribution in [0.1, 0.15) is 6.92 Å². The zero-order chi connectivity index (χ0) is 12.0. The van der Waals surface area contributed by atoms with E-state index in [1.54, 1.807) is 6.92 Å². The van der Waals surface area contributed by atoms with Crippen LogP contribution in [0.15, 0.2) is 24.3 Å². The van der Waals surface area contributed by atoms with Crippen molar-refractivity contribution >= 4 is 18.3 Å². The number of halogens is 2. The fourth-order valence-corrected chi connectivity index (χ4v) is 1.03. The van der Waals surface area contributed by atoms with Gasteiger partial charge in [0.05, 0.1) is 12.6 Å². The van der Waals surface area contributed by atoms with E-state index < -0.39 is 6.04 Å². The van der Waals surface area contributed by atoms with Crippen LogP contribution in [0.2, 0.25) is 0 Å². The Kier molecular flexibility index (Phi) is 7.25. The zero-order valence-corrected chi connectivity index (χ0v) is 10.3. The summed E-state index contributed by atoms with van der Waals surface area (Å²) in [5, 5.41) is 2.60. The maximum atomic E-state index is 12.5. The molecule has 4 nitrogen and oxygen atoms in total. The molecule has 0 aliphatic carbocycles. The SMILES string of the molecule is C[C@@H](N)C(=O)NCCOc1ccc(F)cc1.Cl. The van der Waals surface area contributed by atoms with Gasteiger partial charge in [-0.05, 0) is 31.2 Å². The number of ether oxygens (including phenoxy) is 1. The Labute approximate surface area is 106 Å². The summed E-state index contributed by atoms with van der Waals surface area (Å²) in [5.74, 6) is 0.0387. The highest BCUT2D eigenvalue weighted by Gasteiger charge is 2.05. The van der Waals surface area contributed by atoms with Crippen LogP contribution in [0.4, 0.5) is 4.39 Å². The summed E-state index contributed by atoms with van der Waals surface area (Å²) in [5.41, 5.74) is 5.35. The first kappa shape index (κ1) is 15.7. The number of carbonyl (C=O) groups excluding carboxylic acids is 1. The lowest BCUT2D eigenvalue weighted by molar-refractivity contribution is -0.122. The van der Waals surface area contributed by atoms with E-state index >= 15 is 0 Å². The van der Waals surface area contributed by atoms with Crippen molar-refractivity contribution < 1.29 is 13.9 Å². The lowest BCUT2D eigenvalue weighted by Gasteiger charge is -2.09. The summed E-state index contributed by atoms with van der Waals surface area (Å²) < 4.78 is 17.8. The number of hydrogen-bond acceptors (Lipinski definition) is 3. The molecule has 0 aliphatic heterocycles. The third-order valence-electron chi connectivity index (χ3n) is 1.90. The molecule has 3 N–H and O–H groups in total. The fourth-order valence-electron chi connectivity index (χ4n) is 1.03. The molecule has 0 heterocycles. The largest absolute Gasteiger partial charge is 0.492 e. The molecule has 0 bridgehead atoms. The van der Waals surface area contributed by atoms with Crippen molar-refractivity contribution in [3.05, 3.63) is 30.1 Å². The average molecular weight is 263 g/mol. The van der Waals surface area contributed by atoms with Crippen LogP contribution >= 0.6 is 12.4 Å². The molecule has 1 amide bonds. The molecule has 0 aromatic heterocycles. The molecule has 96 valence electrons. The van der Waals surface area contributed by atoms with Gasteiger partial charge in [-0.15, -0.1) is 12.4 Å². The molecular formula is C11H16ClFN2O2. The van der Waals surface area contributed by atoms with Crippen LogP contribution in [0.25, 0.3) is 0 Å². The monoisotopic (exact) mass is 262 g/mol. The lowest BCUT2D eigenvalue weighted by Crippen LogP contribution is -2.40. The predicted molar refractivity (Wildman–Crippen MR) is 65.8 cm³/mol. The number of hydrogen-bond donors (Lipinski definition) is 2. The zero-order valence-electron chi connectivity index (χ0n) is 9.48. The summed E-state index contributed by atoms with van der Waals surface area (Å²) in [6.45, 7) is 2.30. The predicted octanol–water partition coefficient (Wildman–Crippen LogP) is 1.09. The van der Waals surface area contributed by atoms with Crippen LogP contribution in [-0.4, -0.2) is 25.1 Å². The number of carbonyl (C=O) groups is 1. The highest BCUT2D eigenvalue weighted by atomic mass is 35.5. The van der Waals surface area contributed by atoms with Gasteiger partial charge in [0.1, 0.15) is 18.2 Å². The van der Waals surface area contributed by atoms with Gasteiger partial charge in [-0.1, -0.05) is 0 Å². The number of nitrogens with one attached hydrogen (secondary N) is 1. The van der Waals surface area contributed by atoms with Gasteiger partial charge in [-0.2, -0.15) is 0 Å². The second-order valence-corrected chi connectivity index (χ2v) is 3.38. The highest BCUT2D eigenvalue weighted by molar-refractivity contribution is 5.85. The summed E-state index contributed by atoms with van der Waals surface area (Å²) in [6.07, 6.45) is 0. The minimum Gasteiger partial charge on any atom is -0.492 e. The molecule has 1 rings (SSSR count). The van der Waals surface area contributed by atoms with Crippen molar-refractivity contribution in [2.75, 3.05) is 13.2 Å². The molecule has 0 saturated carbocycles. The van der Waals surface area contributed by atoms with Gasteiger partial charge in [-0.25, -0.2) is 4.39 Å². The van der Waals surface area contributed by atoms with E-state index in [9.17, 15) is 9.18 Å². The van der Waals surface area contributed by atoms with Crippen LogP contribution in [0.3, 0.4) is 0 Å². The molecule has 1 aromatic carbocycles. The Balaban J connectivity index is 0.00000256. The number of nitrogens with two attached hydrogens (primary N) is 1. The molecule has 0 spiro atoms. The molecule has 0 aliphatic rings. The van der Waals surface area contributed by atoms with Crippen molar-refractivity contribution in [1.82, 2.24) is 5.32 Å². The minimum absolute atomic E-state index is 0. The molecule has 17 heavy (non-hydrogen) atoms. The fraction of sp³-hybridized carbons (Fsp3) is 0.364. The van der Waals surface area contributed by atoms with E-state index in [1.165, 1.54) is 24.3 Å². The number of rotatable bonds is 5. The standard InChI is InChI=1S/C11H15FN2O2.ClH/c1-8(13)11(15)14-6-7-16-10-4-2-9(12)3-5-10;/h2-5,8H,6-7,13H2,1H3,(H,14,15);1H/t8-;/m1./s1. The van der Waals surface area contributed by atoms with Crippen molar-refractivity contribution in [3.63, 3.8) is 0 Å². The summed E-state index contributed by atoms with van der Waals surface area (Å²) in [4.78, 5) is 11.1. The Bertz CT molecular complexity index is 344. The van der Waals surface area contributed by atoms with E-state index in [1.807, 2.05) is 0 Å². The van der Waals surface area contributed by atoms with E-state index in [0.29, 0.717) is 18.9 Å². The lowest BCUT2D eigenvalue weighted by atomic mass is 10.3. The maximum absolute atomic E-state index is 12.5. The Hall–Kier alpha value is -1.33. The first-order valence-electron chi connectivity index (χ1n) is 5.01. The van der Waals surface area contributed by atoms with Gasteiger partial charge in [0.2, 0.25) is 5.91 Å². The molecule has 1 atom stereocenters. The summed E-state index contributed by atoms with van der Waals surface area (Å²) >= 11 is 0. The van der Waals surface area contributed by atoms with Crippen molar-refractivity contribution in [1.29, 1.82) is 0 Å². The van der Waals surface area contributed by atoms with E-state index in [0.717, 1.165) is 0 Å². The summed E-state index contributed by atoms with van der Waals surface area (Å²) in [7, 11) is 0. The maximum Gasteiger partial charge on any atom is 0.236 e. The van der Waals surface area contributed by atoms with Gasteiger partial charge in [0.25, 0.3) is 0 Å². The van der Waals surface area contributed by atoms with E-state index in [4.69, 9.17) is 10.5 Å². The van der Waals surface area contributed by atoms with Gasteiger partial charge in [0, 0.05) is 0 Å². The third-order valence-corrected chi connectivity index (χ3v) is 1.90. The molecular weight excluding hydrogens is 247 g/mol. The van der Waals surface area contributed by atoms with Crippen molar-refractivity contribution in [2.24, 2.45) is 5.73 Å². The topological polar surface area (TPSA) is 64.4 Å². The van der Waals surface area contributed by atoms with Crippen molar-refractivity contribution in [3.8, 4) is 5.75 Å². The van der Waals surface area contributed by atoms with Crippen LogP contribution in [-0.2, 0) is 4.79 Å². The number of benzene rings is 1. The summed E-state index contributed by atoms with van der Waals surface area (Å²) in [6, 6.07) is 5.17. The van der Waals surface area contributed by atoms with E-state index in [2.05, 4.69) is 5.32 Å². The quantitative estimate of drug-likeness (QED) is 0.781. The Morgan fingerprint density at radius 3 is 2.59 bits per heavy atom. The second-order valence-electron chi connectivity index (χ2n) is 3.38. The second kappa shape index (κ2) is 7.86. The third kappa shape index (κ3) is 6.09. The Morgan fingerprint density at radius 1 is 1.47 bits per heavy atom.